The third-order valence-electron chi connectivity index (χ3n) is 4.50. The van der Waals surface area contributed by atoms with Crippen LogP contribution in [0.15, 0.2) is 0 Å². The minimum absolute atomic E-state index is 0.0143. The maximum atomic E-state index is 12.6. The molecule has 21 heavy (non-hydrogen) atoms. The van der Waals surface area contributed by atoms with Gasteiger partial charge in [-0.1, -0.05) is 12.8 Å². The Balaban J connectivity index is 2.09. The van der Waals surface area contributed by atoms with E-state index in [0.717, 1.165) is 25.7 Å². The Bertz CT molecular complexity index is 429. The number of carbonyl (C=O) groups excluding carboxylic acids is 2. The number of nitrogens with zero attached hydrogens (tertiary/aromatic N) is 2. The average Bonchev–Trinajstić information content (AvgIpc) is 2.98. The van der Waals surface area contributed by atoms with Gasteiger partial charge in [-0.3, -0.25) is 24.2 Å². The molecule has 1 saturated heterocycles. The molecule has 2 rings (SSSR count). The highest BCUT2D eigenvalue weighted by atomic mass is 16.4. The van der Waals surface area contributed by atoms with E-state index in [-0.39, 0.29) is 36.7 Å². The highest BCUT2D eigenvalue weighted by molar-refractivity contribution is 6.05. The lowest BCUT2D eigenvalue weighted by Gasteiger charge is -2.31. The van der Waals surface area contributed by atoms with Crippen LogP contribution in [-0.4, -0.2) is 57.4 Å². The summed E-state index contributed by atoms with van der Waals surface area (Å²) in [6, 6.07) is -0.393. The van der Waals surface area contributed by atoms with Crippen molar-refractivity contribution >= 4 is 17.8 Å². The number of aliphatic carboxylic acids is 1. The molecule has 0 aromatic rings. The van der Waals surface area contributed by atoms with Crippen LogP contribution in [0.1, 0.15) is 52.4 Å². The number of hydrogen-bond donors (Lipinski definition) is 1. The van der Waals surface area contributed by atoms with Crippen LogP contribution in [0.25, 0.3) is 0 Å². The number of rotatable bonds is 6. The topological polar surface area (TPSA) is 77.9 Å². The first-order valence-electron chi connectivity index (χ1n) is 7.75. The molecule has 2 amide bonds. The molecule has 1 saturated carbocycles. The summed E-state index contributed by atoms with van der Waals surface area (Å²) in [7, 11) is 0. The Labute approximate surface area is 125 Å². The molecule has 1 aliphatic carbocycles. The average molecular weight is 296 g/mol. The van der Waals surface area contributed by atoms with E-state index in [9.17, 15) is 14.4 Å². The summed E-state index contributed by atoms with van der Waals surface area (Å²) >= 11 is 0. The van der Waals surface area contributed by atoms with Gasteiger partial charge in [0.2, 0.25) is 11.8 Å². The maximum Gasteiger partial charge on any atom is 0.304 e. The van der Waals surface area contributed by atoms with Crippen molar-refractivity contribution in [2.24, 2.45) is 0 Å². The molecule has 1 N–H and O–H groups in total. The SMILES string of the molecule is CC(C)N(CCC(=O)O)C1CC(=O)N(C2CCCC2)C1=O. The minimum atomic E-state index is -0.884. The number of carboxylic acids is 1. The van der Waals surface area contributed by atoms with Crippen LogP contribution in [0.2, 0.25) is 0 Å². The maximum absolute atomic E-state index is 12.6. The van der Waals surface area contributed by atoms with Crippen LogP contribution in [-0.2, 0) is 14.4 Å². The first-order chi connectivity index (χ1) is 9.91. The number of hydrogen-bond acceptors (Lipinski definition) is 4. The molecule has 1 heterocycles. The largest absolute Gasteiger partial charge is 0.481 e. The Morgan fingerprint density at radius 3 is 2.48 bits per heavy atom. The summed E-state index contributed by atoms with van der Waals surface area (Å²) in [6.07, 6.45) is 4.12. The van der Waals surface area contributed by atoms with E-state index >= 15 is 0 Å². The fourth-order valence-corrected chi connectivity index (χ4v) is 3.44. The Kier molecular flexibility index (Phi) is 4.98. The Morgan fingerprint density at radius 2 is 1.95 bits per heavy atom. The zero-order valence-corrected chi connectivity index (χ0v) is 12.7. The lowest BCUT2D eigenvalue weighted by atomic mass is 10.1. The molecule has 0 radical (unpaired) electrons. The lowest BCUT2D eigenvalue weighted by Crippen LogP contribution is -2.48. The molecule has 6 heteroatoms. The summed E-state index contributed by atoms with van der Waals surface area (Å²) in [5.41, 5.74) is 0. The molecule has 0 spiro atoms. The third-order valence-corrected chi connectivity index (χ3v) is 4.50. The normalized spacial score (nSPS) is 23.8. The number of likely N-dealkylation sites (tertiary alicyclic amines) is 1. The third kappa shape index (κ3) is 3.43. The molecule has 2 aliphatic rings. The molecule has 6 nitrogen and oxygen atoms in total. The van der Waals surface area contributed by atoms with Crippen molar-refractivity contribution in [2.75, 3.05) is 6.54 Å². The van der Waals surface area contributed by atoms with Crippen LogP contribution in [0.5, 0.6) is 0 Å². The van der Waals surface area contributed by atoms with E-state index in [1.807, 2.05) is 18.7 Å². The number of carboxylic acid groups (broad SMARTS) is 1. The summed E-state index contributed by atoms with van der Waals surface area (Å²) in [4.78, 5) is 38.9. The van der Waals surface area contributed by atoms with Crippen molar-refractivity contribution in [3.63, 3.8) is 0 Å². The van der Waals surface area contributed by atoms with E-state index in [2.05, 4.69) is 0 Å². The van der Waals surface area contributed by atoms with Crippen LogP contribution in [0.4, 0.5) is 0 Å². The standard InChI is InChI=1S/C15H24N2O4/c1-10(2)16(8-7-14(19)20)12-9-13(18)17(15(12)21)11-5-3-4-6-11/h10-12H,3-9H2,1-2H3,(H,19,20). The number of carbonyl (C=O) groups is 3. The molecular weight excluding hydrogens is 272 g/mol. The van der Waals surface area contributed by atoms with E-state index in [4.69, 9.17) is 5.11 Å². The van der Waals surface area contributed by atoms with Gasteiger partial charge in [0.05, 0.1) is 18.9 Å². The summed E-state index contributed by atoms with van der Waals surface area (Å²) < 4.78 is 0. The summed E-state index contributed by atoms with van der Waals surface area (Å²) in [5, 5.41) is 8.84. The molecule has 2 fully saturated rings. The van der Waals surface area contributed by atoms with Gasteiger partial charge in [0.25, 0.3) is 0 Å². The zero-order valence-electron chi connectivity index (χ0n) is 12.7. The van der Waals surface area contributed by atoms with Crippen molar-refractivity contribution in [1.82, 2.24) is 9.80 Å². The van der Waals surface area contributed by atoms with Gasteiger partial charge in [-0.2, -0.15) is 0 Å². The minimum Gasteiger partial charge on any atom is -0.481 e. The molecule has 1 atom stereocenters. The van der Waals surface area contributed by atoms with Gasteiger partial charge in [0, 0.05) is 18.6 Å². The quantitative estimate of drug-likeness (QED) is 0.746. The smallest absolute Gasteiger partial charge is 0.304 e. The van der Waals surface area contributed by atoms with Crippen LogP contribution < -0.4 is 0 Å². The molecular formula is C15H24N2O4. The highest BCUT2D eigenvalue weighted by Gasteiger charge is 2.45. The fourth-order valence-electron chi connectivity index (χ4n) is 3.44. The van der Waals surface area contributed by atoms with Gasteiger partial charge in [0.1, 0.15) is 0 Å². The van der Waals surface area contributed by atoms with Crippen molar-refractivity contribution in [1.29, 1.82) is 0 Å². The summed E-state index contributed by atoms with van der Waals surface area (Å²) in [6.45, 7) is 4.16. The van der Waals surface area contributed by atoms with Gasteiger partial charge in [-0.25, -0.2) is 0 Å². The van der Waals surface area contributed by atoms with Gasteiger partial charge >= 0.3 is 5.97 Å². The van der Waals surface area contributed by atoms with Gasteiger partial charge in [-0.15, -0.1) is 0 Å². The van der Waals surface area contributed by atoms with Crippen molar-refractivity contribution in [3.05, 3.63) is 0 Å². The first-order valence-corrected chi connectivity index (χ1v) is 7.75. The van der Waals surface area contributed by atoms with Gasteiger partial charge < -0.3 is 5.11 Å². The van der Waals surface area contributed by atoms with Crippen LogP contribution >= 0.6 is 0 Å². The second kappa shape index (κ2) is 6.56. The first kappa shape index (κ1) is 15.9. The molecule has 1 unspecified atom stereocenters. The van der Waals surface area contributed by atoms with E-state index < -0.39 is 12.0 Å². The Morgan fingerprint density at radius 1 is 1.33 bits per heavy atom. The second-order valence-corrected chi connectivity index (χ2v) is 6.24. The fraction of sp³-hybridized carbons (Fsp3) is 0.800. The van der Waals surface area contributed by atoms with Crippen molar-refractivity contribution in [2.45, 2.75) is 70.5 Å². The van der Waals surface area contributed by atoms with Gasteiger partial charge in [0.15, 0.2) is 0 Å². The molecule has 1 aliphatic heterocycles. The number of amides is 2. The lowest BCUT2D eigenvalue weighted by molar-refractivity contribution is -0.143. The molecule has 0 aromatic heterocycles. The highest BCUT2D eigenvalue weighted by Crippen LogP contribution is 2.30. The van der Waals surface area contributed by atoms with E-state index in [1.165, 1.54) is 4.90 Å². The van der Waals surface area contributed by atoms with Gasteiger partial charge in [-0.05, 0) is 26.7 Å². The van der Waals surface area contributed by atoms with E-state index in [0.29, 0.717) is 6.54 Å². The molecule has 118 valence electrons. The zero-order chi connectivity index (χ0) is 15.6. The summed E-state index contributed by atoms with van der Waals surface area (Å²) in [5.74, 6) is -1.12. The predicted molar refractivity (Wildman–Crippen MR) is 76.6 cm³/mol. The second-order valence-electron chi connectivity index (χ2n) is 6.24. The van der Waals surface area contributed by atoms with Crippen molar-refractivity contribution in [3.8, 4) is 0 Å². The molecule has 0 bridgehead atoms. The van der Waals surface area contributed by atoms with E-state index in [1.54, 1.807) is 0 Å². The number of imide groups is 1. The van der Waals surface area contributed by atoms with Crippen LogP contribution in [0, 0.1) is 0 Å². The predicted octanol–water partition coefficient (Wildman–Crippen LogP) is 1.24. The van der Waals surface area contributed by atoms with Crippen molar-refractivity contribution < 1.29 is 19.5 Å². The monoisotopic (exact) mass is 296 g/mol. The Hall–Kier alpha value is -1.43. The van der Waals surface area contributed by atoms with Crippen LogP contribution in [0.3, 0.4) is 0 Å². The molecule has 0 aromatic carbocycles.